The topological polar surface area (TPSA) is 30.5 Å². The van der Waals surface area contributed by atoms with E-state index in [1.54, 1.807) is 14.2 Å². The SMILES string of the molecule is CCNC(c1ccccc1)C(OC)OC. The Morgan fingerprint density at radius 2 is 1.73 bits per heavy atom. The Morgan fingerprint density at radius 3 is 2.20 bits per heavy atom. The third-order valence-electron chi connectivity index (χ3n) is 2.32. The van der Waals surface area contributed by atoms with Gasteiger partial charge in [-0.1, -0.05) is 37.3 Å². The molecule has 0 spiro atoms. The first-order valence-corrected chi connectivity index (χ1v) is 5.17. The van der Waals surface area contributed by atoms with Gasteiger partial charge in [-0.05, 0) is 12.1 Å². The van der Waals surface area contributed by atoms with Crippen molar-refractivity contribution in [3.8, 4) is 0 Å². The van der Waals surface area contributed by atoms with Crippen LogP contribution < -0.4 is 5.32 Å². The summed E-state index contributed by atoms with van der Waals surface area (Å²) in [7, 11) is 3.31. The first-order valence-electron chi connectivity index (χ1n) is 5.17. The van der Waals surface area contributed by atoms with E-state index in [-0.39, 0.29) is 12.3 Å². The summed E-state index contributed by atoms with van der Waals surface area (Å²) in [6, 6.07) is 10.2. The van der Waals surface area contributed by atoms with Gasteiger partial charge < -0.3 is 14.8 Å². The molecular weight excluding hydrogens is 190 g/mol. The Bertz CT molecular complexity index is 260. The van der Waals surface area contributed by atoms with Gasteiger partial charge in [0.2, 0.25) is 0 Å². The van der Waals surface area contributed by atoms with Gasteiger partial charge in [-0.25, -0.2) is 0 Å². The lowest BCUT2D eigenvalue weighted by Gasteiger charge is -2.25. The largest absolute Gasteiger partial charge is 0.354 e. The number of rotatable bonds is 6. The highest BCUT2D eigenvalue weighted by Crippen LogP contribution is 2.18. The molecule has 3 nitrogen and oxygen atoms in total. The van der Waals surface area contributed by atoms with Gasteiger partial charge in [-0.15, -0.1) is 0 Å². The Balaban J connectivity index is 2.81. The predicted octanol–water partition coefficient (Wildman–Crippen LogP) is 1.96. The number of benzene rings is 1. The predicted molar refractivity (Wildman–Crippen MR) is 60.7 cm³/mol. The molecule has 0 fully saturated rings. The number of hydrogen-bond donors (Lipinski definition) is 1. The van der Waals surface area contributed by atoms with Crippen molar-refractivity contribution in [2.75, 3.05) is 20.8 Å². The summed E-state index contributed by atoms with van der Waals surface area (Å²) in [6.45, 7) is 2.95. The molecule has 0 aliphatic rings. The van der Waals surface area contributed by atoms with Crippen LogP contribution in [-0.4, -0.2) is 27.1 Å². The number of hydrogen-bond acceptors (Lipinski definition) is 3. The molecule has 1 N–H and O–H groups in total. The molecule has 0 amide bonds. The molecule has 0 aliphatic heterocycles. The van der Waals surface area contributed by atoms with Crippen molar-refractivity contribution in [1.29, 1.82) is 0 Å². The summed E-state index contributed by atoms with van der Waals surface area (Å²) < 4.78 is 10.6. The Morgan fingerprint density at radius 1 is 1.13 bits per heavy atom. The minimum atomic E-state index is -0.257. The second kappa shape index (κ2) is 6.56. The van der Waals surface area contributed by atoms with Gasteiger partial charge in [0, 0.05) is 14.2 Å². The van der Waals surface area contributed by atoms with Gasteiger partial charge in [0.05, 0.1) is 6.04 Å². The highest BCUT2D eigenvalue weighted by Gasteiger charge is 2.21. The van der Waals surface area contributed by atoms with Crippen LogP contribution in [0.5, 0.6) is 0 Å². The number of nitrogens with one attached hydrogen (secondary N) is 1. The molecule has 1 atom stereocenters. The summed E-state index contributed by atoms with van der Waals surface area (Å²) in [6.07, 6.45) is -0.257. The van der Waals surface area contributed by atoms with E-state index in [0.29, 0.717) is 0 Å². The second-order valence-corrected chi connectivity index (χ2v) is 3.29. The minimum absolute atomic E-state index is 0.0752. The van der Waals surface area contributed by atoms with Crippen LogP contribution in [-0.2, 0) is 9.47 Å². The quantitative estimate of drug-likeness (QED) is 0.726. The lowest BCUT2D eigenvalue weighted by atomic mass is 10.1. The normalized spacial score (nSPS) is 13.1. The smallest absolute Gasteiger partial charge is 0.176 e. The van der Waals surface area contributed by atoms with Crippen molar-refractivity contribution in [2.24, 2.45) is 0 Å². The average Bonchev–Trinajstić information content (AvgIpc) is 2.30. The minimum Gasteiger partial charge on any atom is -0.354 e. The van der Waals surface area contributed by atoms with Crippen molar-refractivity contribution < 1.29 is 9.47 Å². The molecule has 1 rings (SSSR count). The maximum absolute atomic E-state index is 5.28. The molecule has 0 aliphatic carbocycles. The molecule has 0 bridgehead atoms. The number of methoxy groups -OCH3 is 2. The molecule has 0 heterocycles. The Kier molecular flexibility index (Phi) is 5.32. The van der Waals surface area contributed by atoms with Gasteiger partial charge in [0.15, 0.2) is 6.29 Å². The summed E-state index contributed by atoms with van der Waals surface area (Å²) in [4.78, 5) is 0. The molecule has 84 valence electrons. The van der Waals surface area contributed by atoms with E-state index in [0.717, 1.165) is 6.54 Å². The zero-order valence-electron chi connectivity index (χ0n) is 9.57. The van der Waals surface area contributed by atoms with Crippen molar-refractivity contribution >= 4 is 0 Å². The third kappa shape index (κ3) is 3.30. The molecule has 0 aromatic heterocycles. The summed E-state index contributed by atoms with van der Waals surface area (Å²) in [5, 5.41) is 3.35. The van der Waals surface area contributed by atoms with Gasteiger partial charge in [0.1, 0.15) is 0 Å². The molecular formula is C12H19NO2. The highest BCUT2D eigenvalue weighted by molar-refractivity contribution is 5.19. The van der Waals surface area contributed by atoms with Gasteiger partial charge >= 0.3 is 0 Å². The van der Waals surface area contributed by atoms with Crippen LogP contribution in [0.2, 0.25) is 0 Å². The van der Waals surface area contributed by atoms with Crippen LogP contribution >= 0.6 is 0 Å². The Labute approximate surface area is 91.4 Å². The molecule has 0 saturated heterocycles. The van der Waals surface area contributed by atoms with Crippen LogP contribution in [0, 0.1) is 0 Å². The standard InChI is InChI=1S/C12H19NO2/c1-4-13-11(12(14-2)15-3)10-8-6-5-7-9-10/h5-9,11-13H,4H2,1-3H3. The zero-order chi connectivity index (χ0) is 11.1. The van der Waals surface area contributed by atoms with E-state index in [9.17, 15) is 0 Å². The summed E-state index contributed by atoms with van der Waals surface area (Å²) in [5.41, 5.74) is 1.17. The lowest BCUT2D eigenvalue weighted by molar-refractivity contribution is -0.123. The van der Waals surface area contributed by atoms with E-state index in [2.05, 4.69) is 24.4 Å². The van der Waals surface area contributed by atoms with Crippen LogP contribution in [0.1, 0.15) is 18.5 Å². The fourth-order valence-corrected chi connectivity index (χ4v) is 1.62. The molecule has 0 saturated carbocycles. The van der Waals surface area contributed by atoms with Crippen molar-refractivity contribution in [3.63, 3.8) is 0 Å². The molecule has 1 aromatic carbocycles. The average molecular weight is 209 g/mol. The first-order chi connectivity index (χ1) is 7.33. The Hall–Kier alpha value is -0.900. The van der Waals surface area contributed by atoms with Crippen LogP contribution in [0.15, 0.2) is 30.3 Å². The van der Waals surface area contributed by atoms with E-state index >= 15 is 0 Å². The third-order valence-corrected chi connectivity index (χ3v) is 2.32. The summed E-state index contributed by atoms with van der Waals surface area (Å²) in [5.74, 6) is 0. The number of ether oxygens (including phenoxy) is 2. The second-order valence-electron chi connectivity index (χ2n) is 3.29. The van der Waals surface area contributed by atoms with Crippen molar-refractivity contribution in [1.82, 2.24) is 5.32 Å². The summed E-state index contributed by atoms with van der Waals surface area (Å²) >= 11 is 0. The van der Waals surface area contributed by atoms with E-state index in [1.807, 2.05) is 18.2 Å². The van der Waals surface area contributed by atoms with Gasteiger partial charge in [0.25, 0.3) is 0 Å². The zero-order valence-corrected chi connectivity index (χ0v) is 9.57. The maximum Gasteiger partial charge on any atom is 0.176 e. The van der Waals surface area contributed by atoms with Crippen molar-refractivity contribution in [3.05, 3.63) is 35.9 Å². The molecule has 15 heavy (non-hydrogen) atoms. The monoisotopic (exact) mass is 209 g/mol. The van der Waals surface area contributed by atoms with Crippen LogP contribution in [0.4, 0.5) is 0 Å². The van der Waals surface area contributed by atoms with Gasteiger partial charge in [-0.3, -0.25) is 0 Å². The van der Waals surface area contributed by atoms with E-state index < -0.39 is 0 Å². The maximum atomic E-state index is 5.28. The molecule has 0 radical (unpaired) electrons. The van der Waals surface area contributed by atoms with E-state index in [1.165, 1.54) is 5.56 Å². The first kappa shape index (κ1) is 12.2. The van der Waals surface area contributed by atoms with Crippen molar-refractivity contribution in [2.45, 2.75) is 19.3 Å². The fraction of sp³-hybridized carbons (Fsp3) is 0.500. The van der Waals surface area contributed by atoms with E-state index in [4.69, 9.17) is 9.47 Å². The highest BCUT2D eigenvalue weighted by atomic mass is 16.7. The van der Waals surface area contributed by atoms with Crippen LogP contribution in [0.3, 0.4) is 0 Å². The fourth-order valence-electron chi connectivity index (χ4n) is 1.62. The molecule has 1 unspecified atom stereocenters. The van der Waals surface area contributed by atoms with Gasteiger partial charge in [-0.2, -0.15) is 0 Å². The molecule has 3 heteroatoms. The molecule has 1 aromatic rings. The number of likely N-dealkylation sites (N-methyl/N-ethyl adjacent to an activating group) is 1. The lowest BCUT2D eigenvalue weighted by Crippen LogP contribution is -2.34. The van der Waals surface area contributed by atoms with Crippen LogP contribution in [0.25, 0.3) is 0 Å².